The van der Waals surface area contributed by atoms with Crippen molar-refractivity contribution in [3.8, 4) is 0 Å². The molecule has 0 amide bonds. The first kappa shape index (κ1) is 17.3. The molecule has 7 heteroatoms. The average Bonchev–Trinajstić information content (AvgIpc) is 2.88. The van der Waals surface area contributed by atoms with E-state index in [-0.39, 0.29) is 11.5 Å². The van der Waals surface area contributed by atoms with Crippen LogP contribution in [0.2, 0.25) is 0 Å². The lowest BCUT2D eigenvalue weighted by Crippen LogP contribution is -2.33. The Bertz CT molecular complexity index is 664. The number of anilines is 1. The lowest BCUT2D eigenvalue weighted by atomic mass is 9.82. The fourth-order valence-electron chi connectivity index (χ4n) is 2.31. The highest BCUT2D eigenvalue weighted by molar-refractivity contribution is 5.25. The first-order valence-corrected chi connectivity index (χ1v) is 7.36. The molecule has 0 aliphatic carbocycles. The second kappa shape index (κ2) is 6.62. The van der Waals surface area contributed by atoms with Crippen molar-refractivity contribution in [3.05, 3.63) is 41.3 Å². The van der Waals surface area contributed by atoms with Crippen LogP contribution < -0.4 is 10.2 Å². The predicted molar refractivity (Wildman–Crippen MR) is 84.0 cm³/mol. The monoisotopic (exact) mass is 324 g/mol. The molecule has 0 bridgehead atoms. The Labute approximate surface area is 134 Å². The summed E-state index contributed by atoms with van der Waals surface area (Å²) in [4.78, 5) is 5.96. The Kier molecular flexibility index (Phi) is 4.99. The molecule has 0 aliphatic heterocycles. The number of hydrogen-bond acceptors (Lipinski definition) is 5. The predicted octanol–water partition coefficient (Wildman–Crippen LogP) is 3.29. The molecule has 1 heterocycles. The molecule has 23 heavy (non-hydrogen) atoms. The van der Waals surface area contributed by atoms with Gasteiger partial charge in [0, 0.05) is 31.8 Å². The van der Waals surface area contributed by atoms with Crippen molar-refractivity contribution in [3.63, 3.8) is 0 Å². The standard InChI is InChI=1S/C16H22F2N4O/c1-16(2,3)14(11-7-6-10(17)8-12(11)18)19-9-13-20-15(21-23-13)22(4)5/h6-8,14,19H,9H2,1-5H3/t14-/m1/s1. The van der Waals surface area contributed by atoms with Crippen LogP contribution in [-0.2, 0) is 6.54 Å². The summed E-state index contributed by atoms with van der Waals surface area (Å²) in [7, 11) is 3.63. The largest absolute Gasteiger partial charge is 0.344 e. The van der Waals surface area contributed by atoms with Crippen molar-refractivity contribution in [2.75, 3.05) is 19.0 Å². The SMILES string of the molecule is CN(C)c1noc(CN[C@H](c2ccc(F)cc2F)C(C)(C)C)n1. The minimum atomic E-state index is -0.591. The zero-order valence-electron chi connectivity index (χ0n) is 14.0. The number of hydrogen-bond donors (Lipinski definition) is 1. The average molecular weight is 324 g/mol. The molecule has 0 radical (unpaired) electrons. The van der Waals surface area contributed by atoms with Crippen molar-refractivity contribution in [2.24, 2.45) is 5.41 Å². The summed E-state index contributed by atoms with van der Waals surface area (Å²) >= 11 is 0. The van der Waals surface area contributed by atoms with Crippen LogP contribution in [0.5, 0.6) is 0 Å². The van der Waals surface area contributed by atoms with Gasteiger partial charge in [-0.2, -0.15) is 4.98 Å². The highest BCUT2D eigenvalue weighted by atomic mass is 19.1. The Morgan fingerprint density at radius 3 is 2.48 bits per heavy atom. The normalized spacial score (nSPS) is 13.2. The smallest absolute Gasteiger partial charge is 0.265 e. The van der Waals surface area contributed by atoms with E-state index in [0.717, 1.165) is 6.07 Å². The van der Waals surface area contributed by atoms with Crippen LogP contribution in [-0.4, -0.2) is 24.2 Å². The zero-order valence-corrected chi connectivity index (χ0v) is 14.0. The van der Waals surface area contributed by atoms with Gasteiger partial charge in [0.2, 0.25) is 5.89 Å². The van der Waals surface area contributed by atoms with Crippen LogP contribution in [0.4, 0.5) is 14.7 Å². The molecular weight excluding hydrogens is 302 g/mol. The highest BCUT2D eigenvalue weighted by Gasteiger charge is 2.29. The summed E-state index contributed by atoms with van der Waals surface area (Å²) in [5, 5.41) is 7.06. The van der Waals surface area contributed by atoms with E-state index in [0.29, 0.717) is 23.9 Å². The van der Waals surface area contributed by atoms with Gasteiger partial charge in [-0.3, -0.25) is 0 Å². The summed E-state index contributed by atoms with van der Waals surface area (Å²) in [5.41, 5.74) is 0.120. The number of benzene rings is 1. The number of nitrogens with zero attached hydrogens (tertiary/aromatic N) is 3. The molecule has 2 aromatic rings. The van der Waals surface area contributed by atoms with E-state index in [4.69, 9.17) is 4.52 Å². The maximum absolute atomic E-state index is 14.1. The molecule has 0 unspecified atom stereocenters. The van der Waals surface area contributed by atoms with Gasteiger partial charge in [-0.05, 0) is 16.6 Å². The summed E-state index contributed by atoms with van der Waals surface area (Å²) in [6.07, 6.45) is 0. The molecule has 1 atom stereocenters. The number of nitrogens with one attached hydrogen (secondary N) is 1. The van der Waals surface area contributed by atoms with Crippen LogP contribution in [0.3, 0.4) is 0 Å². The van der Waals surface area contributed by atoms with Crippen LogP contribution in [0.1, 0.15) is 38.3 Å². The molecule has 1 aromatic heterocycles. The van der Waals surface area contributed by atoms with E-state index < -0.39 is 11.6 Å². The van der Waals surface area contributed by atoms with Crippen molar-refractivity contribution < 1.29 is 13.3 Å². The van der Waals surface area contributed by atoms with Crippen molar-refractivity contribution >= 4 is 5.95 Å². The minimum absolute atomic E-state index is 0.289. The summed E-state index contributed by atoms with van der Waals surface area (Å²) in [5.74, 6) is -0.282. The summed E-state index contributed by atoms with van der Waals surface area (Å²) in [6, 6.07) is 3.28. The molecule has 0 fully saturated rings. The van der Waals surface area contributed by atoms with Crippen LogP contribution in [0.15, 0.2) is 22.7 Å². The van der Waals surface area contributed by atoms with Crippen molar-refractivity contribution in [1.82, 2.24) is 15.5 Å². The van der Waals surface area contributed by atoms with Gasteiger partial charge < -0.3 is 14.7 Å². The third-order valence-electron chi connectivity index (χ3n) is 3.45. The maximum Gasteiger partial charge on any atom is 0.265 e. The highest BCUT2D eigenvalue weighted by Crippen LogP contribution is 2.34. The van der Waals surface area contributed by atoms with Gasteiger partial charge in [-0.1, -0.05) is 26.8 Å². The first-order valence-electron chi connectivity index (χ1n) is 7.36. The molecule has 0 aliphatic rings. The van der Waals surface area contributed by atoms with E-state index in [1.807, 2.05) is 34.9 Å². The van der Waals surface area contributed by atoms with Crippen LogP contribution in [0.25, 0.3) is 0 Å². The van der Waals surface area contributed by atoms with E-state index in [1.54, 1.807) is 4.90 Å². The lowest BCUT2D eigenvalue weighted by Gasteiger charge is -2.32. The Hall–Kier alpha value is -2.02. The topological polar surface area (TPSA) is 54.2 Å². The summed E-state index contributed by atoms with van der Waals surface area (Å²) in [6.45, 7) is 6.23. The molecule has 0 spiro atoms. The Morgan fingerprint density at radius 2 is 1.96 bits per heavy atom. The van der Waals surface area contributed by atoms with Gasteiger partial charge in [-0.15, -0.1) is 0 Å². The molecule has 1 aromatic carbocycles. The quantitative estimate of drug-likeness (QED) is 0.914. The molecular formula is C16H22F2N4O. The number of aromatic nitrogens is 2. The van der Waals surface area contributed by atoms with Gasteiger partial charge in [0.05, 0.1) is 6.54 Å². The van der Waals surface area contributed by atoms with Gasteiger partial charge in [-0.25, -0.2) is 8.78 Å². The second-order valence-corrected chi connectivity index (χ2v) is 6.73. The van der Waals surface area contributed by atoms with Gasteiger partial charge in [0.15, 0.2) is 0 Å². The molecule has 126 valence electrons. The maximum atomic E-state index is 14.1. The third-order valence-corrected chi connectivity index (χ3v) is 3.45. The van der Waals surface area contributed by atoms with E-state index >= 15 is 0 Å². The summed E-state index contributed by atoms with van der Waals surface area (Å²) < 4.78 is 32.4. The third kappa shape index (κ3) is 4.25. The molecule has 5 nitrogen and oxygen atoms in total. The molecule has 2 rings (SSSR count). The van der Waals surface area contributed by atoms with E-state index in [9.17, 15) is 8.78 Å². The van der Waals surface area contributed by atoms with Gasteiger partial charge >= 0.3 is 0 Å². The number of rotatable bonds is 5. The second-order valence-electron chi connectivity index (χ2n) is 6.73. The van der Waals surface area contributed by atoms with E-state index in [1.165, 1.54) is 12.1 Å². The molecule has 0 saturated heterocycles. The fraction of sp³-hybridized carbons (Fsp3) is 0.500. The van der Waals surface area contributed by atoms with Crippen LogP contribution in [0, 0.1) is 17.0 Å². The molecule has 1 N–H and O–H groups in total. The molecule has 0 saturated carbocycles. The lowest BCUT2D eigenvalue weighted by molar-refractivity contribution is 0.251. The number of halogens is 2. The first-order chi connectivity index (χ1) is 10.7. The zero-order chi connectivity index (χ0) is 17.2. The van der Waals surface area contributed by atoms with Crippen LogP contribution >= 0.6 is 0 Å². The van der Waals surface area contributed by atoms with E-state index in [2.05, 4.69) is 15.5 Å². The van der Waals surface area contributed by atoms with Crippen molar-refractivity contribution in [2.45, 2.75) is 33.4 Å². The van der Waals surface area contributed by atoms with Crippen molar-refractivity contribution in [1.29, 1.82) is 0 Å². The fourth-order valence-corrected chi connectivity index (χ4v) is 2.31. The Balaban J connectivity index is 2.19. The minimum Gasteiger partial charge on any atom is -0.344 e. The van der Waals surface area contributed by atoms with Gasteiger partial charge in [0.1, 0.15) is 11.6 Å². The Morgan fingerprint density at radius 1 is 1.26 bits per heavy atom. The van der Waals surface area contributed by atoms with Gasteiger partial charge in [0.25, 0.3) is 5.95 Å².